The highest BCUT2D eigenvalue weighted by Crippen LogP contribution is 2.39. The number of anilines is 1. The Morgan fingerprint density at radius 3 is 2.74 bits per heavy atom. The van der Waals surface area contributed by atoms with Crippen molar-refractivity contribution >= 4 is 46.1 Å². The van der Waals surface area contributed by atoms with E-state index in [2.05, 4.69) is 20.3 Å². The highest BCUT2D eigenvalue weighted by Gasteiger charge is 2.17. The van der Waals surface area contributed by atoms with Crippen molar-refractivity contribution < 1.29 is 22.7 Å². The molecule has 2 aromatic carbocycles. The van der Waals surface area contributed by atoms with E-state index in [4.69, 9.17) is 33.7 Å². The number of ether oxygens (including phenoxy) is 1. The van der Waals surface area contributed by atoms with Crippen LogP contribution in [-0.2, 0) is 6.54 Å². The van der Waals surface area contributed by atoms with Crippen LogP contribution in [0.3, 0.4) is 0 Å². The van der Waals surface area contributed by atoms with Crippen molar-refractivity contribution in [1.29, 1.82) is 0 Å². The minimum Gasteiger partial charge on any atom is -0.485 e. The first-order chi connectivity index (χ1) is 16.2. The predicted molar refractivity (Wildman–Crippen MR) is 123 cm³/mol. The van der Waals surface area contributed by atoms with E-state index in [1.54, 1.807) is 18.2 Å². The van der Waals surface area contributed by atoms with Crippen LogP contribution >= 0.6 is 23.2 Å². The van der Waals surface area contributed by atoms with Crippen molar-refractivity contribution in [1.82, 2.24) is 15.0 Å². The quantitative estimate of drug-likeness (QED) is 0.293. The number of imidazole rings is 1. The summed E-state index contributed by atoms with van der Waals surface area (Å²) < 4.78 is 45.2. The van der Waals surface area contributed by atoms with Gasteiger partial charge in [0.2, 0.25) is 5.95 Å². The second-order valence-electron chi connectivity index (χ2n) is 7.12. The molecule has 0 aliphatic heterocycles. The number of amides is 1. The molecular formula is C22H16Cl2F3N5O2. The number of nitrogens with two attached hydrogens (primary N) is 1. The molecule has 0 saturated carbocycles. The zero-order valence-electron chi connectivity index (χ0n) is 17.2. The van der Waals surface area contributed by atoms with Crippen molar-refractivity contribution in [3.63, 3.8) is 0 Å². The van der Waals surface area contributed by atoms with Crippen molar-refractivity contribution in [3.05, 3.63) is 69.7 Å². The normalized spacial score (nSPS) is 11.2. The molecule has 0 unspecified atom stereocenters. The fourth-order valence-corrected chi connectivity index (χ4v) is 3.84. The number of aromatic amines is 1. The average Bonchev–Trinajstić information content (AvgIpc) is 3.20. The third-order valence-electron chi connectivity index (χ3n) is 4.79. The minimum atomic E-state index is -2.72. The third-order valence-corrected chi connectivity index (χ3v) is 5.29. The average molecular weight is 510 g/mol. The fraction of sp³-hybridized carbons (Fsp3) is 0.136. The number of nitrogens with one attached hydrogen (secondary N) is 2. The largest absolute Gasteiger partial charge is 0.485 e. The van der Waals surface area contributed by atoms with E-state index in [1.807, 2.05) is 0 Å². The van der Waals surface area contributed by atoms with Crippen LogP contribution in [0.5, 0.6) is 5.75 Å². The Labute approximate surface area is 201 Å². The number of pyridine rings is 1. The first kappa shape index (κ1) is 23.7. The molecule has 2 heterocycles. The van der Waals surface area contributed by atoms with Gasteiger partial charge in [-0.05, 0) is 30.3 Å². The molecular weight excluding hydrogens is 494 g/mol. The van der Waals surface area contributed by atoms with E-state index < -0.39 is 24.8 Å². The molecule has 7 nitrogen and oxygen atoms in total. The first-order valence-corrected chi connectivity index (χ1v) is 10.6. The van der Waals surface area contributed by atoms with Crippen molar-refractivity contribution in [2.45, 2.75) is 13.0 Å². The molecule has 12 heteroatoms. The van der Waals surface area contributed by atoms with Gasteiger partial charge < -0.3 is 20.8 Å². The van der Waals surface area contributed by atoms with Gasteiger partial charge in [-0.3, -0.25) is 9.78 Å². The van der Waals surface area contributed by atoms with Crippen molar-refractivity contribution in [2.75, 3.05) is 11.9 Å². The number of alkyl halides is 2. The monoisotopic (exact) mass is 509 g/mol. The summed E-state index contributed by atoms with van der Waals surface area (Å²) >= 11 is 12.1. The number of hydrogen-bond acceptors (Lipinski definition) is 5. The number of carbonyl (C=O) groups is 1. The van der Waals surface area contributed by atoms with Crippen LogP contribution in [0, 0.1) is 5.82 Å². The Balaban J connectivity index is 1.57. The summed E-state index contributed by atoms with van der Waals surface area (Å²) in [7, 11) is 0. The van der Waals surface area contributed by atoms with Crippen LogP contribution in [0.25, 0.3) is 22.2 Å². The number of rotatable bonds is 8. The minimum absolute atomic E-state index is 0.00881. The van der Waals surface area contributed by atoms with Gasteiger partial charge in [0.15, 0.2) is 0 Å². The predicted octanol–water partition coefficient (Wildman–Crippen LogP) is 5.43. The molecule has 0 aliphatic carbocycles. The fourth-order valence-electron chi connectivity index (χ4n) is 3.29. The Bertz CT molecular complexity index is 1380. The van der Waals surface area contributed by atoms with Gasteiger partial charge in [0.05, 0.1) is 28.3 Å². The van der Waals surface area contributed by atoms with E-state index in [1.165, 1.54) is 24.4 Å². The van der Waals surface area contributed by atoms with E-state index in [0.717, 1.165) is 0 Å². The van der Waals surface area contributed by atoms with Gasteiger partial charge in [-0.25, -0.2) is 18.2 Å². The number of aromatic nitrogens is 3. The number of primary amides is 1. The second kappa shape index (κ2) is 9.78. The zero-order valence-corrected chi connectivity index (χ0v) is 18.7. The topological polar surface area (TPSA) is 106 Å². The molecule has 0 fully saturated rings. The van der Waals surface area contributed by atoms with E-state index >= 15 is 0 Å². The Morgan fingerprint density at radius 1 is 1.24 bits per heavy atom. The second-order valence-corrected chi connectivity index (χ2v) is 7.97. The van der Waals surface area contributed by atoms with E-state index in [-0.39, 0.29) is 44.7 Å². The summed E-state index contributed by atoms with van der Waals surface area (Å²) in [5.74, 6) is -1.05. The Morgan fingerprint density at radius 2 is 2.03 bits per heavy atom. The Hall–Kier alpha value is -3.50. The number of carbonyl (C=O) groups excluding carboxylic acids is 1. The van der Waals surface area contributed by atoms with E-state index in [9.17, 15) is 18.0 Å². The van der Waals surface area contributed by atoms with Crippen LogP contribution in [0.1, 0.15) is 16.1 Å². The Kier molecular flexibility index (Phi) is 6.80. The molecule has 2 aromatic heterocycles. The highest BCUT2D eigenvalue weighted by molar-refractivity contribution is 6.36. The molecule has 4 N–H and O–H groups in total. The molecule has 0 bridgehead atoms. The van der Waals surface area contributed by atoms with Gasteiger partial charge in [-0.1, -0.05) is 29.3 Å². The lowest BCUT2D eigenvalue weighted by Gasteiger charge is -2.14. The molecule has 34 heavy (non-hydrogen) atoms. The summed E-state index contributed by atoms with van der Waals surface area (Å²) in [5.41, 5.74) is 7.10. The lowest BCUT2D eigenvalue weighted by atomic mass is 10.1. The molecule has 4 aromatic rings. The van der Waals surface area contributed by atoms with Gasteiger partial charge in [0.25, 0.3) is 12.3 Å². The first-order valence-electron chi connectivity index (χ1n) is 9.80. The number of para-hydroxylation sites is 1. The van der Waals surface area contributed by atoms with Gasteiger partial charge in [-0.15, -0.1) is 0 Å². The number of H-pyrrole nitrogens is 1. The summed E-state index contributed by atoms with van der Waals surface area (Å²) in [6, 6.07) is 8.87. The van der Waals surface area contributed by atoms with Crippen LogP contribution in [0.4, 0.5) is 19.1 Å². The molecule has 176 valence electrons. The number of nitrogens with zero attached hydrogens (tertiary/aromatic N) is 2. The molecule has 0 atom stereocenters. The van der Waals surface area contributed by atoms with Crippen molar-refractivity contribution in [2.24, 2.45) is 5.73 Å². The maximum atomic E-state index is 14.8. The number of fused-ring (bicyclic) bond motifs is 1. The van der Waals surface area contributed by atoms with Crippen molar-refractivity contribution in [3.8, 4) is 16.9 Å². The van der Waals surface area contributed by atoms with Gasteiger partial charge in [0, 0.05) is 22.3 Å². The SMILES string of the molecule is NC(=O)c1cccc2[nH]c(NCc3ncc(-c4cc(Cl)cc(Cl)c4OCC(F)F)cc3F)nc12. The summed E-state index contributed by atoms with van der Waals surface area (Å²) in [5, 5.41) is 3.13. The highest BCUT2D eigenvalue weighted by atomic mass is 35.5. The number of benzene rings is 2. The third kappa shape index (κ3) is 5.02. The lowest BCUT2D eigenvalue weighted by molar-refractivity contribution is 0.0822. The summed E-state index contributed by atoms with van der Waals surface area (Å²) in [4.78, 5) is 22.9. The van der Waals surface area contributed by atoms with Crippen LogP contribution in [-0.4, -0.2) is 33.9 Å². The molecule has 0 radical (unpaired) electrons. The van der Waals surface area contributed by atoms with E-state index in [0.29, 0.717) is 17.0 Å². The molecule has 0 aliphatic rings. The maximum absolute atomic E-state index is 14.8. The number of hydrogen-bond donors (Lipinski definition) is 3. The molecule has 1 amide bonds. The van der Waals surface area contributed by atoms with Crippen LogP contribution in [0.2, 0.25) is 10.0 Å². The summed E-state index contributed by atoms with van der Waals surface area (Å²) in [6.45, 7) is -0.926. The van der Waals surface area contributed by atoms with Crippen LogP contribution < -0.4 is 15.8 Å². The van der Waals surface area contributed by atoms with Gasteiger partial charge in [0.1, 0.15) is 23.7 Å². The molecule has 0 saturated heterocycles. The molecule has 0 spiro atoms. The summed E-state index contributed by atoms with van der Waals surface area (Å²) in [6.07, 6.45) is -1.37. The maximum Gasteiger partial charge on any atom is 0.272 e. The zero-order chi connectivity index (χ0) is 24.4. The smallest absolute Gasteiger partial charge is 0.272 e. The van der Waals surface area contributed by atoms with Gasteiger partial charge in [-0.2, -0.15) is 0 Å². The molecule has 4 rings (SSSR count). The van der Waals surface area contributed by atoms with Gasteiger partial charge >= 0.3 is 0 Å². The van der Waals surface area contributed by atoms with Crippen LogP contribution in [0.15, 0.2) is 42.6 Å². The standard InChI is InChI=1S/C22H16Cl2F3N5O2/c23-11-5-13(20(14(24)6-11)34-9-18(26)27)10-4-15(25)17(29-7-10)8-30-22-31-16-3-1-2-12(21(28)33)19(16)32-22/h1-7,18H,8-9H2,(H2,28,33)(H2,30,31,32). The number of halogens is 5. The lowest BCUT2D eigenvalue weighted by Crippen LogP contribution is -2.11.